The number of benzene rings is 3. The number of thiazole rings is 1. The van der Waals surface area contributed by atoms with Crippen LogP contribution >= 0.6 is 38.9 Å². The van der Waals surface area contributed by atoms with E-state index in [1.165, 1.54) is 6.08 Å². The molecule has 1 amide bonds. The van der Waals surface area contributed by atoms with Crippen LogP contribution in [0.4, 0.5) is 5.69 Å². The number of fused-ring (bicyclic) bond motifs is 1. The summed E-state index contributed by atoms with van der Waals surface area (Å²) in [5.74, 6) is 0.423. The minimum Gasteiger partial charge on any atom is -0.496 e. The lowest BCUT2D eigenvalue weighted by molar-refractivity contribution is -0.111. The lowest BCUT2D eigenvalue weighted by Crippen LogP contribution is -2.07. The van der Waals surface area contributed by atoms with Gasteiger partial charge < -0.3 is 10.1 Å². The molecule has 0 fully saturated rings. The Hall–Kier alpha value is -2.67. The van der Waals surface area contributed by atoms with Crippen molar-refractivity contribution in [3.8, 4) is 16.3 Å². The van der Waals surface area contributed by atoms with Crippen molar-refractivity contribution in [1.29, 1.82) is 0 Å². The molecule has 0 bridgehead atoms. The van der Waals surface area contributed by atoms with Crippen molar-refractivity contribution in [3.05, 3.63) is 81.8 Å². The topological polar surface area (TPSA) is 51.2 Å². The Labute approximate surface area is 191 Å². The summed E-state index contributed by atoms with van der Waals surface area (Å²) in [5, 5.41) is 4.21. The summed E-state index contributed by atoms with van der Waals surface area (Å²) in [6.07, 6.45) is 3.16. The molecule has 0 atom stereocenters. The third-order valence-corrected chi connectivity index (χ3v) is 6.24. The molecule has 0 spiro atoms. The van der Waals surface area contributed by atoms with Crippen molar-refractivity contribution in [2.75, 3.05) is 12.4 Å². The van der Waals surface area contributed by atoms with Gasteiger partial charge in [-0.1, -0.05) is 39.7 Å². The lowest BCUT2D eigenvalue weighted by Gasteiger charge is -2.07. The molecule has 4 aromatic rings. The van der Waals surface area contributed by atoms with Gasteiger partial charge in [0.1, 0.15) is 10.8 Å². The number of ether oxygens (including phenoxy) is 1. The number of rotatable bonds is 5. The van der Waals surface area contributed by atoms with Gasteiger partial charge in [-0.05, 0) is 54.6 Å². The molecule has 4 rings (SSSR count). The van der Waals surface area contributed by atoms with E-state index in [2.05, 4.69) is 26.2 Å². The maximum absolute atomic E-state index is 12.4. The summed E-state index contributed by atoms with van der Waals surface area (Å²) in [7, 11) is 1.59. The average molecular weight is 500 g/mol. The van der Waals surface area contributed by atoms with Crippen LogP contribution in [0.3, 0.4) is 0 Å². The van der Waals surface area contributed by atoms with E-state index in [1.54, 1.807) is 30.6 Å². The highest BCUT2D eigenvalue weighted by Gasteiger charge is 2.11. The van der Waals surface area contributed by atoms with Gasteiger partial charge in [0.25, 0.3) is 0 Å². The number of nitrogens with one attached hydrogen (secondary N) is 1. The molecular weight excluding hydrogens is 484 g/mol. The molecule has 4 nitrogen and oxygen atoms in total. The number of aromatic nitrogens is 1. The molecule has 0 unspecified atom stereocenters. The third kappa shape index (κ3) is 4.56. The van der Waals surface area contributed by atoms with Gasteiger partial charge in [-0.3, -0.25) is 4.79 Å². The maximum atomic E-state index is 12.4. The minimum atomic E-state index is -0.263. The van der Waals surface area contributed by atoms with Gasteiger partial charge in [-0.25, -0.2) is 4.98 Å². The van der Waals surface area contributed by atoms with E-state index in [0.29, 0.717) is 16.5 Å². The van der Waals surface area contributed by atoms with Crippen LogP contribution in [-0.2, 0) is 4.79 Å². The van der Waals surface area contributed by atoms with E-state index in [4.69, 9.17) is 16.3 Å². The Bertz CT molecular complexity index is 1240. The molecule has 7 heteroatoms. The molecule has 3 aromatic carbocycles. The summed E-state index contributed by atoms with van der Waals surface area (Å²) < 4.78 is 7.33. The van der Waals surface area contributed by atoms with E-state index in [-0.39, 0.29) is 5.91 Å². The van der Waals surface area contributed by atoms with Crippen molar-refractivity contribution in [3.63, 3.8) is 0 Å². The number of amides is 1. The van der Waals surface area contributed by atoms with Crippen LogP contribution in [0, 0.1) is 0 Å². The molecule has 0 aliphatic heterocycles. The number of anilines is 1. The Morgan fingerprint density at radius 1 is 1.17 bits per heavy atom. The lowest BCUT2D eigenvalue weighted by atomic mass is 10.2. The number of halogens is 2. The first-order valence-corrected chi connectivity index (χ1v) is 11.0. The number of carbonyl (C=O) groups is 1. The average Bonchev–Trinajstić information content (AvgIpc) is 3.16. The van der Waals surface area contributed by atoms with Crippen molar-refractivity contribution in [2.45, 2.75) is 0 Å². The molecule has 0 saturated carbocycles. The Morgan fingerprint density at radius 3 is 2.77 bits per heavy atom. The fourth-order valence-electron chi connectivity index (χ4n) is 2.94. The highest BCUT2D eigenvalue weighted by Crippen LogP contribution is 2.35. The molecule has 0 radical (unpaired) electrons. The molecule has 150 valence electrons. The highest BCUT2D eigenvalue weighted by molar-refractivity contribution is 9.10. The fraction of sp³-hybridized carbons (Fsp3) is 0.0435. The van der Waals surface area contributed by atoms with Gasteiger partial charge in [0.2, 0.25) is 5.91 Å². The molecular formula is C23H16BrClN2O2S. The molecule has 1 heterocycles. The summed E-state index contributed by atoms with van der Waals surface area (Å²) in [4.78, 5) is 17.0. The molecule has 0 aliphatic rings. The smallest absolute Gasteiger partial charge is 0.248 e. The summed E-state index contributed by atoms with van der Waals surface area (Å²) in [5.41, 5.74) is 3.19. The fourth-order valence-corrected chi connectivity index (χ4v) is 4.65. The van der Waals surface area contributed by atoms with Crippen LogP contribution in [0.15, 0.2) is 71.2 Å². The van der Waals surface area contributed by atoms with Crippen LogP contribution in [0.2, 0.25) is 5.02 Å². The van der Waals surface area contributed by atoms with Crippen LogP contribution < -0.4 is 10.1 Å². The molecule has 0 saturated heterocycles. The zero-order chi connectivity index (χ0) is 21.1. The van der Waals surface area contributed by atoms with E-state index in [1.807, 2.05) is 54.6 Å². The Balaban J connectivity index is 1.51. The molecule has 0 aliphatic carbocycles. The van der Waals surface area contributed by atoms with Gasteiger partial charge in [0.05, 0.1) is 22.3 Å². The van der Waals surface area contributed by atoms with Crippen LogP contribution in [0.1, 0.15) is 5.56 Å². The quantitative estimate of drug-likeness (QED) is 0.300. The van der Waals surface area contributed by atoms with Crippen LogP contribution in [0.25, 0.3) is 26.9 Å². The number of nitrogens with zero attached hydrogens (tertiary/aromatic N) is 1. The highest BCUT2D eigenvalue weighted by atomic mass is 79.9. The van der Waals surface area contributed by atoms with Gasteiger partial charge in [0, 0.05) is 27.4 Å². The van der Waals surface area contributed by atoms with E-state index < -0.39 is 0 Å². The second-order valence-corrected chi connectivity index (χ2v) is 8.74. The SMILES string of the molecule is COc1ccc(Br)cc1/C=C/C(=O)Nc1ccc(-c2nc3ccccc3s2)c(Cl)c1. The van der Waals surface area contributed by atoms with Crippen molar-refractivity contribution in [1.82, 2.24) is 4.98 Å². The van der Waals surface area contributed by atoms with Crippen molar-refractivity contribution >= 4 is 66.8 Å². The number of hydrogen-bond acceptors (Lipinski definition) is 4. The van der Waals surface area contributed by atoms with Gasteiger partial charge in [0.15, 0.2) is 0 Å². The van der Waals surface area contributed by atoms with Crippen molar-refractivity contribution < 1.29 is 9.53 Å². The first kappa shape index (κ1) is 20.6. The zero-order valence-electron chi connectivity index (χ0n) is 15.9. The second-order valence-electron chi connectivity index (χ2n) is 6.39. The molecule has 1 aromatic heterocycles. The van der Waals surface area contributed by atoms with Crippen molar-refractivity contribution in [2.24, 2.45) is 0 Å². The van der Waals surface area contributed by atoms with Crippen LogP contribution in [0.5, 0.6) is 5.75 Å². The summed E-state index contributed by atoms with van der Waals surface area (Å²) in [6.45, 7) is 0. The number of carbonyl (C=O) groups excluding carboxylic acids is 1. The van der Waals surface area contributed by atoms with E-state index >= 15 is 0 Å². The first-order valence-electron chi connectivity index (χ1n) is 9.01. The molecule has 30 heavy (non-hydrogen) atoms. The number of hydrogen-bond donors (Lipinski definition) is 1. The predicted molar refractivity (Wildman–Crippen MR) is 128 cm³/mol. The summed E-state index contributed by atoms with van der Waals surface area (Å²) >= 11 is 11.5. The van der Waals surface area contributed by atoms with Crippen LogP contribution in [-0.4, -0.2) is 18.0 Å². The second kappa shape index (κ2) is 9.00. The predicted octanol–water partition coefficient (Wildman–Crippen LogP) is 7.04. The largest absolute Gasteiger partial charge is 0.496 e. The number of methoxy groups -OCH3 is 1. The van der Waals surface area contributed by atoms with E-state index in [9.17, 15) is 4.79 Å². The molecule has 1 N–H and O–H groups in total. The van der Waals surface area contributed by atoms with Gasteiger partial charge in [-0.2, -0.15) is 0 Å². The van der Waals surface area contributed by atoms with Gasteiger partial charge >= 0.3 is 0 Å². The monoisotopic (exact) mass is 498 g/mol. The Kier molecular flexibility index (Phi) is 6.18. The van der Waals surface area contributed by atoms with E-state index in [0.717, 1.165) is 30.8 Å². The first-order chi connectivity index (χ1) is 14.5. The summed E-state index contributed by atoms with van der Waals surface area (Å²) in [6, 6.07) is 19.0. The maximum Gasteiger partial charge on any atom is 0.248 e. The standard InChI is InChI=1S/C23H16BrClN2O2S/c1-29-20-10-7-15(24)12-14(20)6-11-22(28)26-16-8-9-17(18(25)13-16)23-27-19-4-2-3-5-21(19)30-23/h2-13H,1H3,(H,26,28)/b11-6+. The minimum absolute atomic E-state index is 0.263. The Morgan fingerprint density at radius 2 is 2.00 bits per heavy atom. The normalized spacial score (nSPS) is 11.2. The zero-order valence-corrected chi connectivity index (χ0v) is 19.0. The van der Waals surface area contributed by atoms with Gasteiger partial charge in [-0.15, -0.1) is 11.3 Å². The number of para-hydroxylation sites is 1. The third-order valence-electron chi connectivity index (χ3n) is 4.37.